The van der Waals surface area contributed by atoms with Crippen molar-refractivity contribution in [3.05, 3.63) is 57.6 Å². The van der Waals surface area contributed by atoms with Crippen LogP contribution in [0.2, 0.25) is 0 Å². The van der Waals surface area contributed by atoms with Gasteiger partial charge in [-0.1, -0.05) is 107 Å². The maximum absolute atomic E-state index is 3.80. The van der Waals surface area contributed by atoms with Crippen molar-refractivity contribution in [2.75, 3.05) is 36.8 Å². The van der Waals surface area contributed by atoms with Crippen molar-refractivity contribution in [3.8, 4) is 0 Å². The molecular weight excluding hydrogens is 576 g/mol. The molecule has 1 radical (unpaired) electrons. The van der Waals surface area contributed by atoms with Crippen LogP contribution >= 0.6 is 0 Å². The molecule has 2 rings (SSSR count). The standard InChI is InChI=1S/C34H57N3.2ClH.Mn/c1-21(2)27-17-29(23(5)6)33(30(18-27)24(7)8)36-15-13-35-14-16-37-34-31(25(9)10)19-28(22(3)4)20-32(34)26(11)12;;;/h17-26,35-37H,13-16H2,1-12H3;2*1H;/q;;;+2/p-2. The van der Waals surface area contributed by atoms with Crippen LogP contribution in [0.1, 0.15) is 152 Å². The molecule has 0 saturated heterocycles. The number of benzene rings is 2. The molecule has 0 aliphatic carbocycles. The molecule has 2 aromatic carbocycles. The molecule has 0 fully saturated rings. The zero-order valence-electron chi connectivity index (χ0n) is 27.2. The number of hydrogen-bond donors (Lipinski definition) is 3. The molecule has 40 heavy (non-hydrogen) atoms. The van der Waals surface area contributed by atoms with E-state index in [9.17, 15) is 0 Å². The quantitative estimate of drug-likeness (QED) is 0.220. The summed E-state index contributed by atoms with van der Waals surface area (Å²) in [6.45, 7) is 31.4. The molecule has 0 bridgehead atoms. The van der Waals surface area contributed by atoms with Crippen molar-refractivity contribution in [2.45, 2.75) is 119 Å². The summed E-state index contributed by atoms with van der Waals surface area (Å²) in [4.78, 5) is 0. The van der Waals surface area contributed by atoms with E-state index in [1.807, 2.05) is 0 Å². The molecule has 3 nitrogen and oxygen atoms in total. The molecule has 0 aromatic heterocycles. The monoisotopic (exact) mass is 632 g/mol. The summed E-state index contributed by atoms with van der Waals surface area (Å²) >= 11 is 0. The predicted molar refractivity (Wildman–Crippen MR) is 167 cm³/mol. The van der Waals surface area contributed by atoms with Crippen LogP contribution in [0.3, 0.4) is 0 Å². The Balaban J connectivity index is 0. The zero-order valence-corrected chi connectivity index (χ0v) is 29.9. The Bertz CT molecular complexity index is 863. The van der Waals surface area contributed by atoms with Gasteiger partial charge in [-0.05, 0) is 68.9 Å². The van der Waals surface area contributed by atoms with E-state index in [4.69, 9.17) is 0 Å². The third-order valence-electron chi connectivity index (χ3n) is 7.47. The van der Waals surface area contributed by atoms with Gasteiger partial charge in [0.1, 0.15) is 0 Å². The first-order valence-corrected chi connectivity index (χ1v) is 14.9. The largest absolute Gasteiger partial charge is 2.00 e. The second-order valence-electron chi connectivity index (χ2n) is 12.7. The van der Waals surface area contributed by atoms with Crippen molar-refractivity contribution in [3.63, 3.8) is 0 Å². The van der Waals surface area contributed by atoms with Crippen LogP contribution in [0.15, 0.2) is 24.3 Å². The van der Waals surface area contributed by atoms with Crippen molar-refractivity contribution >= 4 is 11.4 Å². The van der Waals surface area contributed by atoms with Crippen molar-refractivity contribution in [1.29, 1.82) is 0 Å². The minimum absolute atomic E-state index is 0. The fourth-order valence-electron chi connectivity index (χ4n) is 5.00. The molecule has 0 amide bonds. The van der Waals surface area contributed by atoms with Crippen LogP contribution in [-0.2, 0) is 17.1 Å². The summed E-state index contributed by atoms with van der Waals surface area (Å²) in [5.74, 6) is 3.11. The molecule has 6 heteroatoms. The first-order chi connectivity index (χ1) is 17.3. The van der Waals surface area contributed by atoms with E-state index in [2.05, 4.69) is 123 Å². The molecular formula is C34H57Cl2MnN3. The number of halogens is 2. The smallest absolute Gasteiger partial charge is 1.00 e. The van der Waals surface area contributed by atoms with E-state index in [1.165, 1.54) is 44.8 Å². The van der Waals surface area contributed by atoms with Crippen molar-refractivity contribution in [2.24, 2.45) is 0 Å². The van der Waals surface area contributed by atoms with Crippen LogP contribution in [0.25, 0.3) is 0 Å². The fourth-order valence-corrected chi connectivity index (χ4v) is 5.00. The third kappa shape index (κ3) is 11.4. The molecule has 0 aliphatic rings. The van der Waals surface area contributed by atoms with Gasteiger partial charge < -0.3 is 40.8 Å². The van der Waals surface area contributed by atoms with Gasteiger partial charge in [0, 0.05) is 37.6 Å². The topological polar surface area (TPSA) is 36.1 Å². The van der Waals surface area contributed by atoms with Gasteiger partial charge >= 0.3 is 17.1 Å². The van der Waals surface area contributed by atoms with E-state index >= 15 is 0 Å². The number of nitrogens with one attached hydrogen (secondary N) is 3. The maximum Gasteiger partial charge on any atom is 2.00 e. The number of hydrogen-bond acceptors (Lipinski definition) is 3. The molecule has 229 valence electrons. The Morgan fingerprint density at radius 2 is 0.675 bits per heavy atom. The minimum Gasteiger partial charge on any atom is -1.00 e. The Kier molecular flexibility index (Phi) is 19.9. The fraction of sp³-hybridized carbons (Fsp3) is 0.647. The van der Waals surface area contributed by atoms with Gasteiger partial charge in [-0.15, -0.1) is 0 Å². The van der Waals surface area contributed by atoms with Crippen LogP contribution in [0.5, 0.6) is 0 Å². The zero-order chi connectivity index (χ0) is 27.9. The molecule has 2 aromatic rings. The Labute approximate surface area is 270 Å². The van der Waals surface area contributed by atoms with Gasteiger partial charge in [0.15, 0.2) is 0 Å². The average molecular weight is 634 g/mol. The summed E-state index contributed by atoms with van der Waals surface area (Å²) in [7, 11) is 0. The Morgan fingerprint density at radius 3 is 0.875 bits per heavy atom. The molecule has 0 atom stereocenters. The van der Waals surface area contributed by atoms with Crippen LogP contribution in [0, 0.1) is 0 Å². The predicted octanol–water partition coefficient (Wildman–Crippen LogP) is 3.55. The Morgan fingerprint density at radius 1 is 0.425 bits per heavy atom. The summed E-state index contributed by atoms with van der Waals surface area (Å²) in [6.07, 6.45) is 0. The second kappa shape index (κ2) is 19.3. The number of rotatable bonds is 14. The summed E-state index contributed by atoms with van der Waals surface area (Å²) in [5.41, 5.74) is 11.4. The van der Waals surface area contributed by atoms with Crippen molar-refractivity contribution in [1.82, 2.24) is 5.32 Å². The summed E-state index contributed by atoms with van der Waals surface area (Å²) in [6, 6.07) is 9.68. The molecule has 3 N–H and O–H groups in total. The second-order valence-corrected chi connectivity index (χ2v) is 12.7. The van der Waals surface area contributed by atoms with Crippen LogP contribution in [0.4, 0.5) is 11.4 Å². The van der Waals surface area contributed by atoms with E-state index in [0.29, 0.717) is 35.5 Å². The van der Waals surface area contributed by atoms with E-state index in [0.717, 1.165) is 26.2 Å². The minimum atomic E-state index is 0. The molecule has 0 aliphatic heterocycles. The molecule has 0 saturated carbocycles. The van der Waals surface area contributed by atoms with Gasteiger partial charge in [-0.3, -0.25) is 0 Å². The SMILES string of the molecule is CC(C)c1cc(C(C)C)c(NCCNCCNc2c(C(C)C)cc(C(C)C)cc2C(C)C)c(C(C)C)c1.[Cl-].[Cl-].[Mn+2]. The van der Waals surface area contributed by atoms with E-state index in [-0.39, 0.29) is 41.9 Å². The first-order valence-electron chi connectivity index (χ1n) is 14.9. The van der Waals surface area contributed by atoms with Gasteiger partial charge in [-0.2, -0.15) is 0 Å². The van der Waals surface area contributed by atoms with Crippen LogP contribution < -0.4 is 40.8 Å². The van der Waals surface area contributed by atoms with Gasteiger partial charge in [0.2, 0.25) is 0 Å². The molecule has 0 heterocycles. The average Bonchev–Trinajstić information content (AvgIpc) is 2.81. The van der Waals surface area contributed by atoms with Gasteiger partial charge in [0.25, 0.3) is 0 Å². The number of anilines is 2. The maximum atomic E-state index is 3.80. The van der Waals surface area contributed by atoms with Crippen LogP contribution in [-0.4, -0.2) is 26.2 Å². The van der Waals surface area contributed by atoms with E-state index < -0.39 is 0 Å². The summed E-state index contributed by atoms with van der Waals surface area (Å²) in [5, 5.41) is 11.3. The van der Waals surface area contributed by atoms with Gasteiger partial charge in [0.05, 0.1) is 0 Å². The summed E-state index contributed by atoms with van der Waals surface area (Å²) < 4.78 is 0. The third-order valence-corrected chi connectivity index (χ3v) is 7.47. The first kappa shape index (κ1) is 41.2. The molecule has 0 spiro atoms. The van der Waals surface area contributed by atoms with Gasteiger partial charge in [-0.25, -0.2) is 0 Å². The molecule has 0 unspecified atom stereocenters. The normalized spacial score (nSPS) is 11.2. The van der Waals surface area contributed by atoms with Crippen molar-refractivity contribution < 1.29 is 41.9 Å². The van der Waals surface area contributed by atoms with E-state index in [1.54, 1.807) is 0 Å². The Hall–Kier alpha value is -0.901.